The number of nitrogens with two attached hydrogens (primary N) is 1. The minimum atomic E-state index is -0.603. The summed E-state index contributed by atoms with van der Waals surface area (Å²) in [7, 11) is 0. The Morgan fingerprint density at radius 2 is 1.97 bits per heavy atom. The van der Waals surface area contributed by atoms with Gasteiger partial charge in [0, 0.05) is 17.8 Å². The standard InChI is InChI=1S/C24H25N5O2/c1-24(2)30-20-16(10-14-5-6-15-4-3-8-26-18(15)11-14)12-19(21(20)31-24)29-9-7-17-22(25)27-13-28-23(17)29/h3-9,11,13,16,19-21H,10,12H2,1-2H3,(H2,25,27,28)/t16-,19+,20+,21-/m0/s1. The van der Waals surface area contributed by atoms with Crippen LogP contribution in [0.4, 0.5) is 5.82 Å². The molecule has 7 heteroatoms. The van der Waals surface area contributed by atoms with E-state index < -0.39 is 5.79 Å². The van der Waals surface area contributed by atoms with Gasteiger partial charge in [0.2, 0.25) is 0 Å². The molecule has 0 unspecified atom stereocenters. The van der Waals surface area contributed by atoms with Gasteiger partial charge in [-0.15, -0.1) is 0 Å². The van der Waals surface area contributed by atoms with E-state index in [0.717, 1.165) is 34.8 Å². The topological polar surface area (TPSA) is 88.1 Å². The van der Waals surface area contributed by atoms with Gasteiger partial charge in [0.15, 0.2) is 5.79 Å². The molecule has 31 heavy (non-hydrogen) atoms. The second-order valence-corrected chi connectivity index (χ2v) is 9.08. The normalized spacial score (nSPS) is 27.2. The molecule has 1 saturated carbocycles. The lowest BCUT2D eigenvalue weighted by Crippen LogP contribution is -2.27. The van der Waals surface area contributed by atoms with E-state index >= 15 is 0 Å². The Labute approximate surface area is 180 Å². The zero-order chi connectivity index (χ0) is 21.2. The number of nitrogens with zero attached hydrogens (tertiary/aromatic N) is 4. The summed E-state index contributed by atoms with van der Waals surface area (Å²) in [6.07, 6.45) is 7.26. The summed E-state index contributed by atoms with van der Waals surface area (Å²) < 4.78 is 15.0. The average molecular weight is 415 g/mol. The summed E-state index contributed by atoms with van der Waals surface area (Å²) >= 11 is 0. The van der Waals surface area contributed by atoms with Gasteiger partial charge in [-0.2, -0.15) is 0 Å². The SMILES string of the molecule is CC1(C)O[C@@H]2[C@@H](Cc3ccc4cccnc4c3)C[C@@H](n3ccc4c(N)ncnc43)[C@@H]2O1. The van der Waals surface area contributed by atoms with Gasteiger partial charge in [0.25, 0.3) is 0 Å². The molecule has 1 aromatic carbocycles. The molecule has 3 aromatic heterocycles. The first-order valence-corrected chi connectivity index (χ1v) is 10.7. The zero-order valence-corrected chi connectivity index (χ0v) is 17.6. The molecule has 0 spiro atoms. The molecule has 7 nitrogen and oxygen atoms in total. The molecule has 1 saturated heterocycles. The first-order valence-electron chi connectivity index (χ1n) is 10.7. The average Bonchev–Trinajstić information content (AvgIpc) is 3.40. The van der Waals surface area contributed by atoms with Crippen LogP contribution in [0.2, 0.25) is 0 Å². The molecule has 158 valence electrons. The van der Waals surface area contributed by atoms with Crippen molar-refractivity contribution >= 4 is 27.8 Å². The lowest BCUT2D eigenvalue weighted by atomic mass is 9.95. The van der Waals surface area contributed by atoms with Crippen molar-refractivity contribution in [2.45, 2.75) is 50.7 Å². The number of rotatable bonds is 3. The number of hydrogen-bond donors (Lipinski definition) is 1. The predicted molar refractivity (Wildman–Crippen MR) is 118 cm³/mol. The second kappa shape index (κ2) is 6.73. The van der Waals surface area contributed by atoms with E-state index in [4.69, 9.17) is 15.2 Å². The first-order chi connectivity index (χ1) is 15.0. The highest BCUT2D eigenvalue weighted by atomic mass is 16.8. The van der Waals surface area contributed by atoms with Crippen molar-refractivity contribution in [3.05, 3.63) is 60.7 Å². The Morgan fingerprint density at radius 1 is 1.10 bits per heavy atom. The fourth-order valence-electron chi connectivity index (χ4n) is 5.33. The lowest BCUT2D eigenvalue weighted by Gasteiger charge is -2.24. The maximum absolute atomic E-state index is 6.40. The van der Waals surface area contributed by atoms with Gasteiger partial charge in [0.1, 0.15) is 23.9 Å². The predicted octanol–water partition coefficient (Wildman–Crippen LogP) is 3.89. The summed E-state index contributed by atoms with van der Waals surface area (Å²) in [5.41, 5.74) is 9.21. The zero-order valence-electron chi connectivity index (χ0n) is 17.6. The van der Waals surface area contributed by atoms with Crippen LogP contribution < -0.4 is 5.73 Å². The Balaban J connectivity index is 1.35. The van der Waals surface area contributed by atoms with Gasteiger partial charge in [-0.05, 0) is 56.4 Å². The molecule has 2 N–H and O–H groups in total. The summed E-state index contributed by atoms with van der Waals surface area (Å²) in [4.78, 5) is 13.1. The quantitative estimate of drug-likeness (QED) is 0.546. The second-order valence-electron chi connectivity index (χ2n) is 9.08. The number of hydrogen-bond acceptors (Lipinski definition) is 6. The molecule has 1 aliphatic carbocycles. The van der Waals surface area contributed by atoms with E-state index in [9.17, 15) is 0 Å². The molecule has 2 fully saturated rings. The molecule has 0 radical (unpaired) electrons. The van der Waals surface area contributed by atoms with Crippen molar-refractivity contribution in [3.63, 3.8) is 0 Å². The van der Waals surface area contributed by atoms with Crippen molar-refractivity contribution in [3.8, 4) is 0 Å². The molecule has 4 heterocycles. The highest BCUT2D eigenvalue weighted by Gasteiger charge is 2.54. The van der Waals surface area contributed by atoms with Gasteiger partial charge in [-0.1, -0.05) is 18.2 Å². The Hall–Kier alpha value is -3.03. The highest BCUT2D eigenvalue weighted by molar-refractivity contribution is 5.86. The monoisotopic (exact) mass is 415 g/mol. The van der Waals surface area contributed by atoms with Crippen molar-refractivity contribution in [1.82, 2.24) is 19.5 Å². The minimum absolute atomic E-state index is 0.0241. The van der Waals surface area contributed by atoms with Crippen LogP contribution in [0.25, 0.3) is 21.9 Å². The largest absolute Gasteiger partial charge is 0.383 e. The van der Waals surface area contributed by atoms with E-state index in [0.29, 0.717) is 11.7 Å². The summed E-state index contributed by atoms with van der Waals surface area (Å²) in [5.74, 6) is 0.228. The fourth-order valence-corrected chi connectivity index (χ4v) is 5.33. The van der Waals surface area contributed by atoms with Crippen LogP contribution in [0.3, 0.4) is 0 Å². The number of benzene rings is 1. The van der Waals surface area contributed by atoms with Gasteiger partial charge < -0.3 is 19.8 Å². The minimum Gasteiger partial charge on any atom is -0.383 e. The van der Waals surface area contributed by atoms with Gasteiger partial charge >= 0.3 is 0 Å². The van der Waals surface area contributed by atoms with E-state index in [1.807, 2.05) is 32.2 Å². The number of nitrogen functional groups attached to an aromatic ring is 1. The molecule has 0 bridgehead atoms. The van der Waals surface area contributed by atoms with Crippen LogP contribution in [0.15, 0.2) is 55.1 Å². The van der Waals surface area contributed by atoms with Crippen LogP contribution in [0.5, 0.6) is 0 Å². The molecule has 1 aliphatic heterocycles. The van der Waals surface area contributed by atoms with Crippen LogP contribution in [-0.4, -0.2) is 37.5 Å². The van der Waals surface area contributed by atoms with Crippen molar-refractivity contribution in [2.24, 2.45) is 5.92 Å². The van der Waals surface area contributed by atoms with E-state index in [1.165, 1.54) is 11.9 Å². The molecular weight excluding hydrogens is 390 g/mol. The molecule has 4 aromatic rings. The van der Waals surface area contributed by atoms with Gasteiger partial charge in [0.05, 0.1) is 23.0 Å². The fraction of sp³-hybridized carbons (Fsp3) is 0.375. The number of anilines is 1. The molecular formula is C24H25N5O2. The number of ether oxygens (including phenoxy) is 2. The van der Waals surface area contributed by atoms with Gasteiger partial charge in [-0.3, -0.25) is 4.98 Å². The maximum atomic E-state index is 6.40. The first kappa shape index (κ1) is 18.7. The molecule has 2 aliphatic rings. The Morgan fingerprint density at radius 3 is 2.87 bits per heavy atom. The van der Waals surface area contributed by atoms with E-state index in [2.05, 4.69) is 50.0 Å². The molecule has 6 rings (SSSR count). The third-order valence-electron chi connectivity index (χ3n) is 6.62. The smallest absolute Gasteiger partial charge is 0.163 e. The van der Waals surface area contributed by atoms with Crippen molar-refractivity contribution in [1.29, 1.82) is 0 Å². The van der Waals surface area contributed by atoms with E-state index in [1.54, 1.807) is 0 Å². The molecule has 0 amide bonds. The third-order valence-corrected chi connectivity index (χ3v) is 6.62. The Bertz CT molecular complexity index is 1280. The molecule has 4 atom stereocenters. The number of pyridine rings is 1. The lowest BCUT2D eigenvalue weighted by molar-refractivity contribution is -0.160. The van der Waals surface area contributed by atoms with Gasteiger partial charge in [-0.25, -0.2) is 9.97 Å². The summed E-state index contributed by atoms with van der Waals surface area (Å²) in [5, 5.41) is 2.03. The third kappa shape index (κ3) is 3.07. The maximum Gasteiger partial charge on any atom is 0.163 e. The highest BCUT2D eigenvalue weighted by Crippen LogP contribution is 2.48. The van der Waals surface area contributed by atoms with Crippen LogP contribution in [0.1, 0.15) is 31.9 Å². The van der Waals surface area contributed by atoms with E-state index in [-0.39, 0.29) is 18.2 Å². The van der Waals surface area contributed by atoms with Crippen LogP contribution in [0, 0.1) is 5.92 Å². The summed E-state index contributed by atoms with van der Waals surface area (Å²) in [6.45, 7) is 3.99. The number of fused-ring (bicyclic) bond motifs is 3. The van der Waals surface area contributed by atoms with Crippen LogP contribution in [-0.2, 0) is 15.9 Å². The van der Waals surface area contributed by atoms with Crippen molar-refractivity contribution < 1.29 is 9.47 Å². The Kier molecular flexibility index (Phi) is 4.07. The van der Waals surface area contributed by atoms with Crippen LogP contribution >= 0.6 is 0 Å². The number of aromatic nitrogens is 4. The van der Waals surface area contributed by atoms with Crippen molar-refractivity contribution in [2.75, 3.05) is 5.73 Å². The summed E-state index contributed by atoms with van der Waals surface area (Å²) in [6, 6.07) is 12.7.